The highest BCUT2D eigenvalue weighted by Gasteiger charge is 2.05. The zero-order chi connectivity index (χ0) is 11.5. The summed E-state index contributed by atoms with van der Waals surface area (Å²) in [4.78, 5) is 8.87. The Labute approximate surface area is 112 Å². The van der Waals surface area contributed by atoms with Gasteiger partial charge in [0.05, 0.1) is 17.4 Å². The third-order valence-electron chi connectivity index (χ3n) is 1.69. The second kappa shape index (κ2) is 5.23. The highest BCUT2D eigenvalue weighted by Crippen LogP contribution is 2.34. The van der Waals surface area contributed by atoms with E-state index in [1.54, 1.807) is 24.4 Å². The molecule has 0 atom stereocenters. The molecule has 0 amide bonds. The van der Waals surface area contributed by atoms with Crippen LogP contribution in [0.1, 0.15) is 0 Å². The summed E-state index contributed by atoms with van der Waals surface area (Å²) >= 11 is 19.0. The fourth-order valence-corrected chi connectivity index (χ4v) is 2.54. The number of halogens is 3. The van der Waals surface area contributed by atoms with Crippen LogP contribution in [0.2, 0.25) is 15.2 Å². The molecule has 0 radical (unpaired) electrons. The standard InChI is InChI=1S/C10H5Cl3N2S/c11-6-1-2-7(12)8(3-6)16-10-5-14-4-9(13)15-10/h1-5H. The molecule has 2 rings (SSSR count). The van der Waals surface area contributed by atoms with Crippen LogP contribution in [0.15, 0.2) is 40.5 Å². The molecular weight excluding hydrogens is 287 g/mol. The van der Waals surface area contributed by atoms with Crippen molar-refractivity contribution >= 4 is 46.6 Å². The highest BCUT2D eigenvalue weighted by molar-refractivity contribution is 7.99. The Kier molecular flexibility index (Phi) is 3.92. The van der Waals surface area contributed by atoms with E-state index < -0.39 is 0 Å². The summed E-state index contributed by atoms with van der Waals surface area (Å²) in [6.45, 7) is 0. The third-order valence-corrected chi connectivity index (χ3v) is 3.51. The van der Waals surface area contributed by atoms with Gasteiger partial charge in [0.15, 0.2) is 0 Å². The smallest absolute Gasteiger partial charge is 0.148 e. The number of hydrogen-bond donors (Lipinski definition) is 0. The molecule has 0 aliphatic rings. The van der Waals surface area contributed by atoms with Crippen molar-refractivity contribution in [3.05, 3.63) is 45.8 Å². The van der Waals surface area contributed by atoms with Crippen molar-refractivity contribution in [2.24, 2.45) is 0 Å². The van der Waals surface area contributed by atoms with Crippen LogP contribution in [0, 0.1) is 0 Å². The first-order chi connectivity index (χ1) is 7.65. The topological polar surface area (TPSA) is 25.8 Å². The molecule has 1 aromatic carbocycles. The van der Waals surface area contributed by atoms with E-state index in [1.165, 1.54) is 18.0 Å². The highest BCUT2D eigenvalue weighted by atomic mass is 35.5. The molecule has 2 aromatic rings. The Morgan fingerprint density at radius 3 is 2.62 bits per heavy atom. The predicted octanol–water partition coefficient (Wildman–Crippen LogP) is 4.59. The summed E-state index contributed by atoms with van der Waals surface area (Å²) in [6.07, 6.45) is 3.10. The molecule has 2 nitrogen and oxygen atoms in total. The lowest BCUT2D eigenvalue weighted by molar-refractivity contribution is 1.06. The molecule has 0 aliphatic heterocycles. The fourth-order valence-electron chi connectivity index (χ4n) is 1.04. The van der Waals surface area contributed by atoms with E-state index >= 15 is 0 Å². The monoisotopic (exact) mass is 290 g/mol. The second-order valence-electron chi connectivity index (χ2n) is 2.86. The lowest BCUT2D eigenvalue weighted by Crippen LogP contribution is -1.83. The van der Waals surface area contributed by atoms with Crippen molar-refractivity contribution in [2.45, 2.75) is 9.92 Å². The largest absolute Gasteiger partial charge is 0.259 e. The van der Waals surface area contributed by atoms with E-state index in [2.05, 4.69) is 9.97 Å². The first kappa shape index (κ1) is 12.0. The molecule has 16 heavy (non-hydrogen) atoms. The van der Waals surface area contributed by atoms with E-state index in [0.717, 1.165) is 4.90 Å². The molecule has 1 aromatic heterocycles. The van der Waals surface area contributed by atoms with Crippen molar-refractivity contribution in [1.82, 2.24) is 9.97 Å². The normalized spacial score (nSPS) is 10.4. The fraction of sp³-hybridized carbons (Fsp3) is 0. The molecule has 1 heterocycles. The van der Waals surface area contributed by atoms with Crippen LogP contribution in [-0.4, -0.2) is 9.97 Å². The molecule has 0 saturated heterocycles. The summed E-state index contributed by atoms with van der Waals surface area (Å²) < 4.78 is 0. The molecule has 6 heteroatoms. The predicted molar refractivity (Wildman–Crippen MR) is 67.6 cm³/mol. The maximum Gasteiger partial charge on any atom is 0.148 e. The molecule has 0 spiro atoms. The lowest BCUT2D eigenvalue weighted by atomic mass is 10.4. The first-order valence-corrected chi connectivity index (χ1v) is 6.20. The van der Waals surface area contributed by atoms with Gasteiger partial charge >= 0.3 is 0 Å². The summed E-state index contributed by atoms with van der Waals surface area (Å²) in [5, 5.41) is 2.28. The van der Waals surface area contributed by atoms with Gasteiger partial charge in [0.2, 0.25) is 0 Å². The second-order valence-corrected chi connectivity index (χ2v) is 5.15. The summed E-state index contributed by atoms with van der Waals surface area (Å²) in [5.74, 6) is 0. The van der Waals surface area contributed by atoms with Crippen LogP contribution < -0.4 is 0 Å². The Balaban J connectivity index is 2.30. The number of benzene rings is 1. The van der Waals surface area contributed by atoms with Crippen LogP contribution in [0.5, 0.6) is 0 Å². The molecule has 0 unspecified atom stereocenters. The van der Waals surface area contributed by atoms with Gasteiger partial charge in [0.25, 0.3) is 0 Å². The van der Waals surface area contributed by atoms with E-state index in [-0.39, 0.29) is 0 Å². The minimum Gasteiger partial charge on any atom is -0.259 e. The van der Waals surface area contributed by atoms with Crippen molar-refractivity contribution in [2.75, 3.05) is 0 Å². The van der Waals surface area contributed by atoms with Crippen LogP contribution in [-0.2, 0) is 0 Å². The van der Waals surface area contributed by atoms with Gasteiger partial charge in [-0.15, -0.1) is 0 Å². The molecule has 0 fully saturated rings. The van der Waals surface area contributed by atoms with E-state index in [1.807, 2.05) is 0 Å². The summed E-state index contributed by atoms with van der Waals surface area (Å²) in [6, 6.07) is 5.25. The van der Waals surface area contributed by atoms with Gasteiger partial charge in [-0.25, -0.2) is 4.98 Å². The maximum absolute atomic E-state index is 6.03. The first-order valence-electron chi connectivity index (χ1n) is 4.25. The Hall–Kier alpha value is -0.480. The van der Waals surface area contributed by atoms with Crippen LogP contribution in [0.4, 0.5) is 0 Å². The van der Waals surface area contributed by atoms with Gasteiger partial charge < -0.3 is 0 Å². The van der Waals surface area contributed by atoms with Gasteiger partial charge in [0.1, 0.15) is 10.2 Å². The number of aromatic nitrogens is 2. The van der Waals surface area contributed by atoms with Crippen LogP contribution >= 0.6 is 46.6 Å². The zero-order valence-corrected chi connectivity index (χ0v) is 10.9. The minimum atomic E-state index is 0.350. The van der Waals surface area contributed by atoms with Gasteiger partial charge in [-0.3, -0.25) is 4.98 Å². The van der Waals surface area contributed by atoms with Crippen molar-refractivity contribution < 1.29 is 0 Å². The van der Waals surface area contributed by atoms with Gasteiger partial charge in [-0.1, -0.05) is 46.6 Å². The van der Waals surface area contributed by atoms with Gasteiger partial charge in [-0.2, -0.15) is 0 Å². The molecule has 0 aliphatic carbocycles. The minimum absolute atomic E-state index is 0.350. The Bertz CT molecular complexity index is 519. The van der Waals surface area contributed by atoms with Gasteiger partial charge in [0, 0.05) is 9.92 Å². The van der Waals surface area contributed by atoms with Crippen molar-refractivity contribution in [3.8, 4) is 0 Å². The summed E-state index contributed by atoms with van der Waals surface area (Å²) in [5.41, 5.74) is 0. The average molecular weight is 292 g/mol. The van der Waals surface area contributed by atoms with E-state index in [9.17, 15) is 0 Å². The average Bonchev–Trinajstić information content (AvgIpc) is 2.24. The SMILES string of the molecule is Clc1ccc(Cl)c(Sc2cncc(Cl)n2)c1. The maximum atomic E-state index is 6.03. The van der Waals surface area contributed by atoms with Crippen molar-refractivity contribution in [3.63, 3.8) is 0 Å². The zero-order valence-electron chi connectivity index (χ0n) is 7.82. The Morgan fingerprint density at radius 2 is 1.88 bits per heavy atom. The van der Waals surface area contributed by atoms with Crippen LogP contribution in [0.25, 0.3) is 0 Å². The van der Waals surface area contributed by atoms with E-state index in [0.29, 0.717) is 20.2 Å². The molecule has 0 N–H and O–H groups in total. The Morgan fingerprint density at radius 1 is 1.06 bits per heavy atom. The molecular formula is C10H5Cl3N2S. The molecule has 0 bridgehead atoms. The third kappa shape index (κ3) is 3.01. The lowest BCUT2D eigenvalue weighted by Gasteiger charge is -2.03. The van der Waals surface area contributed by atoms with Gasteiger partial charge in [-0.05, 0) is 18.2 Å². The van der Waals surface area contributed by atoms with E-state index in [4.69, 9.17) is 34.8 Å². The molecule has 0 saturated carbocycles. The number of hydrogen-bond acceptors (Lipinski definition) is 3. The molecule has 82 valence electrons. The number of nitrogens with zero attached hydrogens (tertiary/aromatic N) is 2. The van der Waals surface area contributed by atoms with Crippen LogP contribution in [0.3, 0.4) is 0 Å². The van der Waals surface area contributed by atoms with Crippen molar-refractivity contribution in [1.29, 1.82) is 0 Å². The quantitative estimate of drug-likeness (QED) is 0.809. The number of rotatable bonds is 2. The summed E-state index contributed by atoms with van der Waals surface area (Å²) in [7, 11) is 0.